The van der Waals surface area contributed by atoms with E-state index in [1.165, 1.54) is 6.33 Å². The van der Waals surface area contributed by atoms with Gasteiger partial charge in [-0.05, 0) is 17.7 Å². The molecular formula is C13H12BrN5. The van der Waals surface area contributed by atoms with Gasteiger partial charge in [0.25, 0.3) is 0 Å². The van der Waals surface area contributed by atoms with E-state index in [0.29, 0.717) is 12.4 Å². The van der Waals surface area contributed by atoms with Crippen LogP contribution in [0.3, 0.4) is 0 Å². The molecular weight excluding hydrogens is 306 g/mol. The summed E-state index contributed by atoms with van der Waals surface area (Å²) >= 11 is 3.40. The number of hydrogen-bond acceptors (Lipinski definition) is 5. The second-order valence-electron chi connectivity index (χ2n) is 3.78. The number of halogens is 1. The van der Waals surface area contributed by atoms with E-state index < -0.39 is 0 Å². The zero-order valence-electron chi connectivity index (χ0n) is 10.1. The first-order valence-electron chi connectivity index (χ1n) is 5.69. The van der Waals surface area contributed by atoms with Crippen LogP contribution in [0.4, 0.5) is 11.6 Å². The maximum atomic E-state index is 8.50. The molecule has 0 saturated heterocycles. The molecule has 6 heteroatoms. The molecule has 0 aliphatic heterocycles. The summed E-state index contributed by atoms with van der Waals surface area (Å²) in [5, 5.41) is 14.6. The van der Waals surface area contributed by atoms with E-state index in [0.717, 1.165) is 15.9 Å². The van der Waals surface area contributed by atoms with Gasteiger partial charge in [0.2, 0.25) is 0 Å². The van der Waals surface area contributed by atoms with E-state index in [9.17, 15) is 0 Å². The van der Waals surface area contributed by atoms with Crippen LogP contribution >= 0.6 is 15.9 Å². The van der Waals surface area contributed by atoms with Gasteiger partial charge in [0.05, 0.1) is 6.07 Å². The van der Waals surface area contributed by atoms with Crippen molar-refractivity contribution >= 4 is 27.6 Å². The number of rotatable bonds is 5. The van der Waals surface area contributed by atoms with Gasteiger partial charge in [-0.3, -0.25) is 0 Å². The molecule has 0 saturated carbocycles. The van der Waals surface area contributed by atoms with Crippen molar-refractivity contribution in [2.45, 2.75) is 6.54 Å². The first-order valence-corrected chi connectivity index (χ1v) is 6.48. The van der Waals surface area contributed by atoms with Gasteiger partial charge in [-0.25, -0.2) is 9.97 Å². The molecule has 0 atom stereocenters. The number of aromatic nitrogens is 2. The monoisotopic (exact) mass is 317 g/mol. The zero-order chi connectivity index (χ0) is 13.5. The Balaban J connectivity index is 1.95. The summed E-state index contributed by atoms with van der Waals surface area (Å²) < 4.78 is 1.06. The van der Waals surface area contributed by atoms with Gasteiger partial charge in [0.15, 0.2) is 0 Å². The fourth-order valence-electron chi connectivity index (χ4n) is 1.48. The van der Waals surface area contributed by atoms with Gasteiger partial charge in [-0.1, -0.05) is 28.1 Å². The quantitative estimate of drug-likeness (QED) is 0.829. The second kappa shape index (κ2) is 6.71. The van der Waals surface area contributed by atoms with E-state index in [1.807, 2.05) is 30.3 Å². The van der Waals surface area contributed by atoms with Crippen molar-refractivity contribution in [2.24, 2.45) is 0 Å². The van der Waals surface area contributed by atoms with Crippen LogP contribution in [-0.2, 0) is 6.54 Å². The Bertz CT molecular complexity index is 576. The van der Waals surface area contributed by atoms with Crippen molar-refractivity contribution in [2.75, 3.05) is 17.2 Å². The van der Waals surface area contributed by atoms with Gasteiger partial charge >= 0.3 is 0 Å². The van der Waals surface area contributed by atoms with Crippen LogP contribution in [0.1, 0.15) is 5.56 Å². The van der Waals surface area contributed by atoms with Gasteiger partial charge in [-0.2, -0.15) is 5.26 Å². The van der Waals surface area contributed by atoms with Crippen LogP contribution in [0.2, 0.25) is 0 Å². The summed E-state index contributed by atoms with van der Waals surface area (Å²) in [6.45, 7) is 0.908. The van der Waals surface area contributed by atoms with Crippen molar-refractivity contribution in [3.8, 4) is 6.07 Å². The molecule has 0 unspecified atom stereocenters. The number of hydrogen-bond donors (Lipinski definition) is 2. The molecule has 5 nitrogen and oxygen atoms in total. The predicted octanol–water partition coefficient (Wildman–Crippen LogP) is 2.79. The molecule has 1 aromatic heterocycles. The average Bonchev–Trinajstić information content (AvgIpc) is 2.45. The molecule has 2 N–H and O–H groups in total. The van der Waals surface area contributed by atoms with Crippen molar-refractivity contribution in [1.29, 1.82) is 5.26 Å². The summed E-state index contributed by atoms with van der Waals surface area (Å²) in [7, 11) is 0. The molecule has 1 heterocycles. The Morgan fingerprint density at radius 3 is 2.47 bits per heavy atom. The zero-order valence-corrected chi connectivity index (χ0v) is 11.7. The molecule has 0 spiro atoms. The molecule has 2 rings (SSSR count). The largest absolute Gasteiger partial charge is 0.366 e. The van der Waals surface area contributed by atoms with E-state index in [1.54, 1.807) is 6.07 Å². The average molecular weight is 318 g/mol. The molecule has 19 heavy (non-hydrogen) atoms. The summed E-state index contributed by atoms with van der Waals surface area (Å²) in [6, 6.07) is 11.8. The highest BCUT2D eigenvalue weighted by Gasteiger charge is 1.98. The summed E-state index contributed by atoms with van der Waals surface area (Å²) in [5.41, 5.74) is 1.16. The Kier molecular flexibility index (Phi) is 4.70. The van der Waals surface area contributed by atoms with Crippen LogP contribution < -0.4 is 10.6 Å². The molecule has 0 amide bonds. The fourth-order valence-corrected chi connectivity index (χ4v) is 1.74. The van der Waals surface area contributed by atoms with Crippen molar-refractivity contribution < 1.29 is 0 Å². The maximum Gasteiger partial charge on any atom is 0.132 e. The molecule has 0 aliphatic rings. The third-order valence-electron chi connectivity index (χ3n) is 2.40. The lowest BCUT2D eigenvalue weighted by atomic mass is 10.2. The summed E-state index contributed by atoms with van der Waals surface area (Å²) in [5.74, 6) is 1.35. The van der Waals surface area contributed by atoms with Gasteiger partial charge in [0.1, 0.15) is 24.5 Å². The van der Waals surface area contributed by atoms with Gasteiger partial charge in [0, 0.05) is 17.1 Å². The van der Waals surface area contributed by atoms with Crippen molar-refractivity contribution in [1.82, 2.24) is 9.97 Å². The van der Waals surface area contributed by atoms with Crippen molar-refractivity contribution in [3.05, 3.63) is 46.7 Å². The maximum absolute atomic E-state index is 8.50. The van der Waals surface area contributed by atoms with Gasteiger partial charge < -0.3 is 10.6 Å². The summed E-state index contributed by atoms with van der Waals surface area (Å²) in [6.07, 6.45) is 1.46. The first kappa shape index (κ1) is 13.3. The molecule has 96 valence electrons. The van der Waals surface area contributed by atoms with E-state index in [4.69, 9.17) is 5.26 Å². The van der Waals surface area contributed by atoms with Crippen LogP contribution in [0.15, 0.2) is 41.1 Å². The first-order chi connectivity index (χ1) is 9.28. The molecule has 0 aliphatic carbocycles. The number of nitrogens with zero attached hydrogens (tertiary/aromatic N) is 3. The van der Waals surface area contributed by atoms with E-state index in [2.05, 4.69) is 36.5 Å². The van der Waals surface area contributed by atoms with Crippen molar-refractivity contribution in [3.63, 3.8) is 0 Å². The van der Waals surface area contributed by atoms with Crippen LogP contribution in [-0.4, -0.2) is 16.5 Å². The van der Waals surface area contributed by atoms with Crippen LogP contribution in [0.25, 0.3) is 0 Å². The fraction of sp³-hybridized carbons (Fsp3) is 0.154. The third kappa shape index (κ3) is 4.23. The molecule has 0 radical (unpaired) electrons. The van der Waals surface area contributed by atoms with E-state index in [-0.39, 0.29) is 6.54 Å². The minimum absolute atomic E-state index is 0.225. The standard InChI is InChI=1S/C13H12BrN5/c14-11-3-1-10(2-4-11)8-17-13-7-12(16-6-5-15)18-9-19-13/h1-4,7,9H,6,8H2,(H2,16,17,18,19). The molecule has 2 aromatic rings. The molecule has 0 bridgehead atoms. The Morgan fingerprint density at radius 2 is 1.79 bits per heavy atom. The molecule has 0 fully saturated rings. The van der Waals surface area contributed by atoms with Gasteiger partial charge in [-0.15, -0.1) is 0 Å². The lowest BCUT2D eigenvalue weighted by Crippen LogP contribution is -2.05. The normalized spacial score (nSPS) is 9.68. The topological polar surface area (TPSA) is 73.6 Å². The lowest BCUT2D eigenvalue weighted by molar-refractivity contribution is 1.07. The number of anilines is 2. The van der Waals surface area contributed by atoms with Crippen LogP contribution in [0.5, 0.6) is 0 Å². The highest BCUT2D eigenvalue weighted by atomic mass is 79.9. The Hall–Kier alpha value is -2.13. The third-order valence-corrected chi connectivity index (χ3v) is 2.93. The minimum atomic E-state index is 0.225. The smallest absolute Gasteiger partial charge is 0.132 e. The summed E-state index contributed by atoms with van der Waals surface area (Å²) in [4.78, 5) is 8.15. The number of benzene rings is 1. The number of nitriles is 1. The molecule has 1 aromatic carbocycles. The highest BCUT2D eigenvalue weighted by molar-refractivity contribution is 9.10. The van der Waals surface area contributed by atoms with Crippen LogP contribution in [0, 0.1) is 11.3 Å². The lowest BCUT2D eigenvalue weighted by Gasteiger charge is -2.07. The van der Waals surface area contributed by atoms with E-state index >= 15 is 0 Å². The Labute approximate surface area is 119 Å². The SMILES string of the molecule is N#CCNc1cc(NCc2ccc(Br)cc2)ncn1. The predicted molar refractivity (Wildman–Crippen MR) is 77.6 cm³/mol. The highest BCUT2D eigenvalue weighted by Crippen LogP contribution is 2.13. The Morgan fingerprint density at radius 1 is 1.11 bits per heavy atom. The number of nitrogens with one attached hydrogen (secondary N) is 2. The minimum Gasteiger partial charge on any atom is -0.366 e. The second-order valence-corrected chi connectivity index (χ2v) is 4.70.